The smallest absolute Gasteiger partial charge is 0.321 e. The minimum absolute atomic E-state index is 0.233. The third-order valence-electron chi connectivity index (χ3n) is 2.08. The predicted octanol–water partition coefficient (Wildman–Crippen LogP) is 3.59. The summed E-state index contributed by atoms with van der Waals surface area (Å²) in [5.41, 5.74) is 0.696. The van der Waals surface area contributed by atoms with Gasteiger partial charge in [0.05, 0.1) is 18.2 Å². The van der Waals surface area contributed by atoms with E-state index < -0.39 is 0 Å². The molecule has 0 aromatic heterocycles. The molecule has 90 valence electrons. The van der Waals surface area contributed by atoms with Crippen LogP contribution in [0.2, 0.25) is 0 Å². The topological polar surface area (TPSA) is 56.1 Å². The molecule has 0 saturated heterocycles. The number of hydrogen-bond acceptors (Lipinski definition) is 2. The lowest BCUT2D eigenvalue weighted by molar-refractivity contribution is 0.223. The lowest BCUT2D eigenvalue weighted by Gasteiger charge is -2.17. The third kappa shape index (κ3) is 4.36. The largest absolute Gasteiger partial charge is 0.327 e. The van der Waals surface area contributed by atoms with Crippen molar-refractivity contribution in [3.8, 4) is 6.07 Å². The van der Waals surface area contributed by atoms with Gasteiger partial charge in [-0.05, 0) is 34.1 Å². The van der Waals surface area contributed by atoms with E-state index in [4.69, 9.17) is 5.26 Å². The number of nitriles is 1. The highest BCUT2D eigenvalue weighted by atomic mass is 79.9. The Morgan fingerprint density at radius 1 is 1.53 bits per heavy atom. The van der Waals surface area contributed by atoms with Crippen LogP contribution in [0.5, 0.6) is 0 Å². The van der Waals surface area contributed by atoms with E-state index in [1.807, 2.05) is 18.2 Å². The average Bonchev–Trinajstić information content (AvgIpc) is 2.29. The van der Waals surface area contributed by atoms with Gasteiger partial charge in [0.2, 0.25) is 0 Å². The number of halogens is 2. The van der Waals surface area contributed by atoms with Crippen LogP contribution in [0.15, 0.2) is 27.1 Å². The Balaban J connectivity index is 2.65. The Hall–Kier alpha value is -1.06. The molecule has 0 atom stereocenters. The van der Waals surface area contributed by atoms with E-state index in [1.54, 1.807) is 13.1 Å². The van der Waals surface area contributed by atoms with Gasteiger partial charge in [-0.2, -0.15) is 5.26 Å². The lowest BCUT2D eigenvalue weighted by atomic mass is 10.3. The van der Waals surface area contributed by atoms with Gasteiger partial charge in [0, 0.05) is 22.5 Å². The molecule has 0 fully saturated rings. The van der Waals surface area contributed by atoms with Crippen LogP contribution >= 0.6 is 31.9 Å². The molecule has 0 aliphatic heterocycles. The first-order valence-electron chi connectivity index (χ1n) is 4.88. The number of carbonyl (C=O) groups is 1. The van der Waals surface area contributed by atoms with E-state index in [0.717, 1.165) is 8.95 Å². The molecule has 1 N–H and O–H groups in total. The number of nitrogens with zero attached hydrogens (tertiary/aromatic N) is 2. The Morgan fingerprint density at radius 3 is 2.82 bits per heavy atom. The molecule has 0 heterocycles. The highest BCUT2D eigenvalue weighted by Gasteiger charge is 2.10. The highest BCUT2D eigenvalue weighted by molar-refractivity contribution is 9.11. The Bertz CT molecular complexity index is 457. The van der Waals surface area contributed by atoms with Crippen LogP contribution in [0.1, 0.15) is 6.42 Å². The number of urea groups is 1. The van der Waals surface area contributed by atoms with Crippen LogP contribution in [0.3, 0.4) is 0 Å². The van der Waals surface area contributed by atoms with Gasteiger partial charge in [-0.15, -0.1) is 0 Å². The number of carbonyl (C=O) groups excluding carboxylic acids is 1. The first kappa shape index (κ1) is 14.0. The van der Waals surface area contributed by atoms with Gasteiger partial charge in [-0.25, -0.2) is 4.79 Å². The molecule has 1 rings (SSSR count). The first-order valence-corrected chi connectivity index (χ1v) is 6.47. The molecule has 0 saturated carbocycles. The molecule has 0 bridgehead atoms. The summed E-state index contributed by atoms with van der Waals surface area (Å²) in [7, 11) is 1.65. The molecule has 4 nitrogen and oxygen atoms in total. The SMILES string of the molecule is CN(CCC#N)C(=O)Nc1ccc(Br)cc1Br. The van der Waals surface area contributed by atoms with E-state index in [1.165, 1.54) is 4.90 Å². The first-order chi connectivity index (χ1) is 8.04. The maximum atomic E-state index is 11.7. The van der Waals surface area contributed by atoms with E-state index in [9.17, 15) is 4.79 Å². The predicted molar refractivity (Wildman–Crippen MR) is 73.7 cm³/mol. The molecular formula is C11H11Br2N3O. The van der Waals surface area contributed by atoms with Crippen LogP contribution in [0.25, 0.3) is 0 Å². The summed E-state index contributed by atoms with van der Waals surface area (Å²) < 4.78 is 1.73. The normalized spacial score (nSPS) is 9.53. The van der Waals surface area contributed by atoms with Crippen molar-refractivity contribution in [2.75, 3.05) is 18.9 Å². The van der Waals surface area contributed by atoms with E-state index in [2.05, 4.69) is 37.2 Å². The molecular weight excluding hydrogens is 350 g/mol. The molecule has 1 aromatic rings. The summed E-state index contributed by atoms with van der Waals surface area (Å²) in [4.78, 5) is 13.2. The van der Waals surface area contributed by atoms with Crippen molar-refractivity contribution in [3.05, 3.63) is 27.1 Å². The molecule has 6 heteroatoms. The van der Waals surface area contributed by atoms with Crippen molar-refractivity contribution < 1.29 is 4.79 Å². The van der Waals surface area contributed by atoms with E-state index >= 15 is 0 Å². The van der Waals surface area contributed by atoms with Gasteiger partial charge >= 0.3 is 6.03 Å². The number of nitrogens with one attached hydrogen (secondary N) is 1. The summed E-state index contributed by atoms with van der Waals surface area (Å²) in [5.74, 6) is 0. The van der Waals surface area contributed by atoms with Gasteiger partial charge < -0.3 is 10.2 Å². The second-order valence-corrected chi connectivity index (χ2v) is 5.15. The molecule has 0 aliphatic rings. The molecule has 0 aliphatic carbocycles. The standard InChI is InChI=1S/C11H11Br2N3O/c1-16(6-2-5-14)11(17)15-10-4-3-8(12)7-9(10)13/h3-4,7H,2,6H2,1H3,(H,15,17). The summed E-state index contributed by atoms with van der Waals surface area (Å²) in [6.07, 6.45) is 0.325. The number of hydrogen-bond donors (Lipinski definition) is 1. The van der Waals surface area contributed by atoms with Crippen LogP contribution in [-0.4, -0.2) is 24.5 Å². The van der Waals surface area contributed by atoms with Gasteiger partial charge in [-0.3, -0.25) is 0 Å². The summed E-state index contributed by atoms with van der Waals surface area (Å²) >= 11 is 6.70. The fourth-order valence-corrected chi connectivity index (χ4v) is 2.27. The van der Waals surface area contributed by atoms with Crippen molar-refractivity contribution in [3.63, 3.8) is 0 Å². The summed E-state index contributed by atoms with van der Waals surface area (Å²) in [5, 5.41) is 11.2. The monoisotopic (exact) mass is 359 g/mol. The van der Waals surface area contributed by atoms with Crippen molar-refractivity contribution in [1.82, 2.24) is 4.90 Å². The Morgan fingerprint density at radius 2 is 2.24 bits per heavy atom. The average molecular weight is 361 g/mol. The zero-order chi connectivity index (χ0) is 12.8. The third-order valence-corrected chi connectivity index (χ3v) is 3.23. The van der Waals surface area contributed by atoms with Crippen LogP contribution < -0.4 is 5.32 Å². The Labute approximate surface area is 117 Å². The van der Waals surface area contributed by atoms with Gasteiger partial charge in [0.25, 0.3) is 0 Å². The second-order valence-electron chi connectivity index (χ2n) is 3.38. The van der Waals surface area contributed by atoms with E-state index in [0.29, 0.717) is 18.7 Å². The van der Waals surface area contributed by atoms with Crippen LogP contribution in [0, 0.1) is 11.3 Å². The fourth-order valence-electron chi connectivity index (χ4n) is 1.12. The number of rotatable bonds is 3. The van der Waals surface area contributed by atoms with Crippen molar-refractivity contribution >= 4 is 43.6 Å². The minimum atomic E-state index is -0.233. The maximum Gasteiger partial charge on any atom is 0.321 e. The minimum Gasteiger partial charge on any atom is -0.327 e. The molecule has 2 amide bonds. The number of amides is 2. The van der Waals surface area contributed by atoms with Gasteiger partial charge in [-0.1, -0.05) is 15.9 Å². The van der Waals surface area contributed by atoms with Crippen LogP contribution in [0.4, 0.5) is 10.5 Å². The number of benzene rings is 1. The molecule has 0 unspecified atom stereocenters. The van der Waals surface area contributed by atoms with Gasteiger partial charge in [0.1, 0.15) is 0 Å². The zero-order valence-electron chi connectivity index (χ0n) is 9.20. The summed E-state index contributed by atoms with van der Waals surface area (Å²) in [6, 6.07) is 7.26. The van der Waals surface area contributed by atoms with Gasteiger partial charge in [0.15, 0.2) is 0 Å². The highest BCUT2D eigenvalue weighted by Crippen LogP contribution is 2.26. The zero-order valence-corrected chi connectivity index (χ0v) is 12.4. The summed E-state index contributed by atoms with van der Waals surface area (Å²) in [6.45, 7) is 0.413. The van der Waals surface area contributed by atoms with Crippen LogP contribution in [-0.2, 0) is 0 Å². The molecule has 1 aromatic carbocycles. The van der Waals surface area contributed by atoms with Crippen molar-refractivity contribution in [2.24, 2.45) is 0 Å². The lowest BCUT2D eigenvalue weighted by Crippen LogP contribution is -2.32. The quantitative estimate of drug-likeness (QED) is 0.895. The Kier molecular flexibility index (Phi) is 5.45. The molecule has 0 spiro atoms. The van der Waals surface area contributed by atoms with Crippen molar-refractivity contribution in [1.29, 1.82) is 5.26 Å². The number of anilines is 1. The molecule has 17 heavy (non-hydrogen) atoms. The van der Waals surface area contributed by atoms with Crippen molar-refractivity contribution in [2.45, 2.75) is 6.42 Å². The molecule has 0 radical (unpaired) electrons. The second kappa shape index (κ2) is 6.62. The van der Waals surface area contributed by atoms with E-state index in [-0.39, 0.29) is 6.03 Å². The maximum absolute atomic E-state index is 11.7. The fraction of sp³-hybridized carbons (Fsp3) is 0.273.